The van der Waals surface area contributed by atoms with E-state index in [-0.39, 0.29) is 5.82 Å². The van der Waals surface area contributed by atoms with Gasteiger partial charge in [-0.25, -0.2) is 19.3 Å². The van der Waals surface area contributed by atoms with Gasteiger partial charge in [-0.05, 0) is 36.4 Å². The number of halogens is 1. The first-order valence-electron chi connectivity index (χ1n) is 8.40. The Morgan fingerprint density at radius 3 is 2.08 bits per heavy atom. The highest BCUT2D eigenvalue weighted by Gasteiger charge is 2.20. The predicted octanol–water partition coefficient (Wildman–Crippen LogP) is 2.48. The summed E-state index contributed by atoms with van der Waals surface area (Å²) in [5.41, 5.74) is 0.780. The lowest BCUT2D eigenvalue weighted by atomic mass is 10.3. The summed E-state index contributed by atoms with van der Waals surface area (Å²) < 4.78 is 13.0. The van der Waals surface area contributed by atoms with Gasteiger partial charge in [-0.3, -0.25) is 0 Å². The fraction of sp³-hybridized carbons (Fsp3) is 0.222. The average molecular weight is 351 g/mol. The monoisotopic (exact) mass is 351 g/mol. The first kappa shape index (κ1) is 16.2. The zero-order chi connectivity index (χ0) is 17.8. The molecule has 0 radical (unpaired) electrons. The fourth-order valence-corrected chi connectivity index (χ4v) is 2.81. The molecule has 1 saturated heterocycles. The van der Waals surface area contributed by atoms with Crippen molar-refractivity contribution in [3.8, 4) is 0 Å². The Balaban J connectivity index is 1.42. The lowest BCUT2D eigenvalue weighted by Gasteiger charge is -2.34. The minimum absolute atomic E-state index is 0.265. The number of nitrogens with one attached hydrogen (secondary N) is 1. The number of aromatic nitrogens is 4. The Kier molecular flexibility index (Phi) is 4.55. The molecule has 7 nitrogen and oxygen atoms in total. The SMILES string of the molecule is Fc1ccc(Nc2ccnc(N3CCN(c4ncccn4)CC3)n2)cc1. The van der Waals surface area contributed by atoms with Crippen molar-refractivity contribution in [2.24, 2.45) is 0 Å². The third-order valence-electron chi connectivity index (χ3n) is 4.16. The van der Waals surface area contributed by atoms with Crippen molar-refractivity contribution in [2.75, 3.05) is 41.3 Å². The van der Waals surface area contributed by atoms with Crippen LogP contribution in [0.15, 0.2) is 55.0 Å². The van der Waals surface area contributed by atoms with Crippen LogP contribution in [0, 0.1) is 5.82 Å². The van der Waals surface area contributed by atoms with Crippen molar-refractivity contribution in [3.05, 3.63) is 60.8 Å². The maximum atomic E-state index is 13.0. The normalized spacial score (nSPS) is 14.3. The molecule has 0 spiro atoms. The van der Waals surface area contributed by atoms with Gasteiger partial charge in [0, 0.05) is 50.5 Å². The Bertz CT molecular complexity index is 849. The third-order valence-corrected chi connectivity index (χ3v) is 4.16. The van der Waals surface area contributed by atoms with E-state index in [2.05, 4.69) is 35.1 Å². The zero-order valence-corrected chi connectivity index (χ0v) is 14.1. The van der Waals surface area contributed by atoms with Crippen molar-refractivity contribution in [1.82, 2.24) is 19.9 Å². The molecule has 3 heterocycles. The predicted molar refractivity (Wildman–Crippen MR) is 98.2 cm³/mol. The fourth-order valence-electron chi connectivity index (χ4n) is 2.81. The van der Waals surface area contributed by atoms with Gasteiger partial charge in [0.25, 0.3) is 0 Å². The molecule has 0 bridgehead atoms. The molecule has 2 aromatic heterocycles. The highest BCUT2D eigenvalue weighted by atomic mass is 19.1. The molecule has 26 heavy (non-hydrogen) atoms. The highest BCUT2D eigenvalue weighted by Crippen LogP contribution is 2.19. The van der Waals surface area contributed by atoms with Crippen LogP contribution in [0.2, 0.25) is 0 Å². The molecule has 3 aromatic rings. The van der Waals surface area contributed by atoms with Crippen molar-refractivity contribution >= 4 is 23.4 Å². The van der Waals surface area contributed by atoms with Gasteiger partial charge < -0.3 is 15.1 Å². The summed E-state index contributed by atoms with van der Waals surface area (Å²) in [6, 6.07) is 9.78. The molecule has 0 unspecified atom stereocenters. The second-order valence-electron chi connectivity index (χ2n) is 5.90. The Hall–Kier alpha value is -3.29. The molecule has 1 aliphatic rings. The van der Waals surface area contributed by atoms with Crippen LogP contribution in [-0.4, -0.2) is 46.1 Å². The summed E-state index contributed by atoms with van der Waals surface area (Å²) in [5, 5.41) is 3.17. The number of hydrogen-bond donors (Lipinski definition) is 1. The highest BCUT2D eigenvalue weighted by molar-refractivity contribution is 5.57. The van der Waals surface area contributed by atoms with E-state index in [0.29, 0.717) is 11.8 Å². The number of anilines is 4. The van der Waals surface area contributed by atoms with Gasteiger partial charge in [0.2, 0.25) is 11.9 Å². The topological polar surface area (TPSA) is 70.1 Å². The smallest absolute Gasteiger partial charge is 0.227 e. The van der Waals surface area contributed by atoms with Gasteiger partial charge in [0.15, 0.2) is 0 Å². The molecule has 132 valence electrons. The Labute approximate surface area is 150 Å². The Morgan fingerprint density at radius 1 is 0.769 bits per heavy atom. The summed E-state index contributed by atoms with van der Waals surface area (Å²) in [6.45, 7) is 3.20. The van der Waals surface area contributed by atoms with Crippen molar-refractivity contribution in [1.29, 1.82) is 0 Å². The minimum atomic E-state index is -0.265. The summed E-state index contributed by atoms with van der Waals surface area (Å²) in [7, 11) is 0. The first-order valence-corrected chi connectivity index (χ1v) is 8.40. The van der Waals surface area contributed by atoms with Crippen LogP contribution in [0.3, 0.4) is 0 Å². The molecule has 1 aliphatic heterocycles. The van der Waals surface area contributed by atoms with Crippen molar-refractivity contribution < 1.29 is 4.39 Å². The molecule has 1 fully saturated rings. The van der Waals surface area contributed by atoms with Crippen molar-refractivity contribution in [3.63, 3.8) is 0 Å². The Morgan fingerprint density at radius 2 is 1.38 bits per heavy atom. The van der Waals surface area contributed by atoms with Crippen LogP contribution < -0.4 is 15.1 Å². The van der Waals surface area contributed by atoms with E-state index >= 15 is 0 Å². The third kappa shape index (κ3) is 3.69. The van der Waals surface area contributed by atoms with Crippen molar-refractivity contribution in [2.45, 2.75) is 0 Å². The zero-order valence-electron chi connectivity index (χ0n) is 14.1. The van der Waals surface area contributed by atoms with Gasteiger partial charge in [0.1, 0.15) is 11.6 Å². The molecule has 0 amide bonds. The molecule has 0 atom stereocenters. The van der Waals surface area contributed by atoms with E-state index in [1.807, 2.05) is 6.07 Å². The van der Waals surface area contributed by atoms with Gasteiger partial charge >= 0.3 is 0 Å². The molecule has 0 aliphatic carbocycles. The number of hydrogen-bond acceptors (Lipinski definition) is 7. The van der Waals surface area contributed by atoms with E-state index in [1.54, 1.807) is 36.8 Å². The van der Waals surface area contributed by atoms with Crippen LogP contribution in [-0.2, 0) is 0 Å². The molecule has 1 N–H and O–H groups in total. The van der Waals surface area contributed by atoms with Crippen LogP contribution in [0.1, 0.15) is 0 Å². The van der Waals surface area contributed by atoms with Crippen LogP contribution in [0.5, 0.6) is 0 Å². The molecular weight excluding hydrogens is 333 g/mol. The molecule has 1 aromatic carbocycles. The van der Waals surface area contributed by atoms with Gasteiger partial charge in [-0.2, -0.15) is 4.98 Å². The van der Waals surface area contributed by atoms with E-state index in [1.165, 1.54) is 12.1 Å². The summed E-state index contributed by atoms with van der Waals surface area (Å²) >= 11 is 0. The quantitative estimate of drug-likeness (QED) is 0.774. The number of benzene rings is 1. The van der Waals surface area contributed by atoms with Crippen LogP contribution in [0.4, 0.5) is 27.8 Å². The lowest BCUT2D eigenvalue weighted by Crippen LogP contribution is -2.47. The summed E-state index contributed by atoms with van der Waals surface area (Å²) in [5.74, 6) is 1.83. The molecular formula is C18H18FN7. The molecule has 0 saturated carbocycles. The van der Waals surface area contributed by atoms with E-state index in [0.717, 1.165) is 37.8 Å². The van der Waals surface area contributed by atoms with Gasteiger partial charge in [0.05, 0.1) is 0 Å². The summed E-state index contributed by atoms with van der Waals surface area (Å²) in [4.78, 5) is 21.8. The maximum Gasteiger partial charge on any atom is 0.227 e. The summed E-state index contributed by atoms with van der Waals surface area (Å²) in [6.07, 6.45) is 5.23. The van der Waals surface area contributed by atoms with Gasteiger partial charge in [-0.15, -0.1) is 0 Å². The second-order valence-corrected chi connectivity index (χ2v) is 5.90. The lowest BCUT2D eigenvalue weighted by molar-refractivity contribution is 0.627. The van der Waals surface area contributed by atoms with E-state index < -0.39 is 0 Å². The first-order chi connectivity index (χ1) is 12.8. The van der Waals surface area contributed by atoms with Crippen LogP contribution >= 0.6 is 0 Å². The number of piperazine rings is 1. The molecule has 4 rings (SSSR count). The standard InChI is InChI=1S/C18H18FN7/c19-14-2-4-15(5-3-14)23-16-6-9-22-18(24-16)26-12-10-25(11-13-26)17-20-7-1-8-21-17/h1-9H,10-13H2,(H,22,23,24). The number of nitrogens with zero attached hydrogens (tertiary/aromatic N) is 6. The number of rotatable bonds is 4. The van der Waals surface area contributed by atoms with E-state index in [4.69, 9.17) is 0 Å². The largest absolute Gasteiger partial charge is 0.340 e. The van der Waals surface area contributed by atoms with E-state index in [9.17, 15) is 4.39 Å². The molecule has 8 heteroatoms. The minimum Gasteiger partial charge on any atom is -0.340 e. The van der Waals surface area contributed by atoms with Gasteiger partial charge in [-0.1, -0.05) is 0 Å². The van der Waals surface area contributed by atoms with Crippen LogP contribution in [0.25, 0.3) is 0 Å². The average Bonchev–Trinajstić information content (AvgIpc) is 2.71. The maximum absolute atomic E-state index is 13.0. The second kappa shape index (κ2) is 7.30.